The van der Waals surface area contributed by atoms with E-state index in [-0.39, 0.29) is 0 Å². The molecule has 1 aliphatic rings. The molecule has 126 valence electrons. The number of nitrogens with one attached hydrogen (secondary N) is 1. The average molecular weight is 331 g/mol. The van der Waals surface area contributed by atoms with Gasteiger partial charge >= 0.3 is 5.97 Å². The summed E-state index contributed by atoms with van der Waals surface area (Å²) >= 11 is 0. The zero-order valence-electron chi connectivity index (χ0n) is 13.3. The molecule has 2 aromatic heterocycles. The summed E-state index contributed by atoms with van der Waals surface area (Å²) in [4.78, 5) is 35.3. The summed E-state index contributed by atoms with van der Waals surface area (Å²) in [7, 11) is 1.50. The first-order valence-electron chi connectivity index (χ1n) is 7.47. The van der Waals surface area contributed by atoms with Crippen LogP contribution in [0, 0.1) is 6.92 Å². The van der Waals surface area contributed by atoms with Crippen molar-refractivity contribution in [1.82, 2.24) is 14.5 Å². The van der Waals surface area contributed by atoms with Crippen molar-refractivity contribution >= 4 is 23.5 Å². The van der Waals surface area contributed by atoms with Gasteiger partial charge < -0.3 is 15.5 Å². The second-order valence-electron chi connectivity index (χ2n) is 5.71. The number of aromatic nitrogens is 2. The van der Waals surface area contributed by atoms with E-state index in [4.69, 9.17) is 5.11 Å². The van der Waals surface area contributed by atoms with Gasteiger partial charge in [0.2, 0.25) is 0 Å². The Morgan fingerprint density at radius 2 is 2.08 bits per heavy atom. The summed E-state index contributed by atoms with van der Waals surface area (Å²) in [5.41, 5.74) is 1.86. The number of hydrogen-bond acceptors (Lipinski definition) is 4. The third-order valence-corrected chi connectivity index (χ3v) is 4.29. The smallest absolute Gasteiger partial charge is 0.322 e. The number of aryl methyl sites for hydroxylation is 2. The Labute approximate surface area is 136 Å². The number of nitrogens with zero attached hydrogens (tertiary/aromatic N) is 2. The van der Waals surface area contributed by atoms with Gasteiger partial charge in [0.25, 0.3) is 11.5 Å². The molecule has 0 fully saturated rings. The minimum absolute atomic E-state index is 0.376. The highest BCUT2D eigenvalue weighted by atomic mass is 16.4. The topological polar surface area (TPSA) is 113 Å². The summed E-state index contributed by atoms with van der Waals surface area (Å²) in [6.45, 7) is 1.22. The van der Waals surface area contributed by atoms with Crippen LogP contribution in [0.3, 0.4) is 0 Å². The lowest BCUT2D eigenvalue weighted by molar-refractivity contribution is -0.135. The van der Waals surface area contributed by atoms with Crippen LogP contribution < -0.4 is 10.9 Å². The van der Waals surface area contributed by atoms with Crippen LogP contribution in [-0.2, 0) is 18.3 Å². The van der Waals surface area contributed by atoms with Crippen molar-refractivity contribution < 1.29 is 19.8 Å². The van der Waals surface area contributed by atoms with Gasteiger partial charge in [-0.1, -0.05) is 12.2 Å². The van der Waals surface area contributed by atoms with Gasteiger partial charge in [-0.2, -0.15) is 0 Å². The molecule has 1 aliphatic carbocycles. The number of aromatic hydroxyl groups is 1. The fourth-order valence-corrected chi connectivity index (χ4v) is 3.20. The summed E-state index contributed by atoms with van der Waals surface area (Å²) in [6, 6.07) is 0. The van der Waals surface area contributed by atoms with Gasteiger partial charge in [0.15, 0.2) is 5.75 Å². The lowest BCUT2D eigenvalue weighted by Gasteiger charge is -2.12. The first-order valence-corrected chi connectivity index (χ1v) is 7.47. The molecule has 0 atom stereocenters. The molecule has 0 spiro atoms. The fraction of sp³-hybridized carbons (Fsp3) is 0.312. The fourth-order valence-electron chi connectivity index (χ4n) is 3.20. The molecule has 24 heavy (non-hydrogen) atoms. The number of aliphatic carboxylic acids is 1. The molecule has 3 N–H and O–H groups in total. The monoisotopic (exact) mass is 331 g/mol. The van der Waals surface area contributed by atoms with Crippen molar-refractivity contribution in [3.8, 4) is 5.75 Å². The maximum atomic E-state index is 12.5. The molecule has 0 bridgehead atoms. The van der Waals surface area contributed by atoms with Crippen LogP contribution in [0.5, 0.6) is 5.75 Å². The first kappa shape index (κ1) is 15.9. The van der Waals surface area contributed by atoms with Gasteiger partial charge in [-0.05, 0) is 25.3 Å². The van der Waals surface area contributed by atoms with Crippen molar-refractivity contribution in [3.63, 3.8) is 0 Å². The van der Waals surface area contributed by atoms with Gasteiger partial charge in [-0.15, -0.1) is 0 Å². The Kier molecular flexibility index (Phi) is 3.67. The van der Waals surface area contributed by atoms with E-state index in [1.807, 2.05) is 19.1 Å². The molecule has 0 aromatic carbocycles. The second-order valence-corrected chi connectivity index (χ2v) is 5.71. The highest BCUT2D eigenvalue weighted by Crippen LogP contribution is 2.34. The van der Waals surface area contributed by atoms with Crippen LogP contribution in [0.4, 0.5) is 0 Å². The molecule has 1 amide bonds. The quantitative estimate of drug-likeness (QED) is 0.755. The van der Waals surface area contributed by atoms with Crippen LogP contribution in [0.25, 0.3) is 11.6 Å². The number of hydrogen-bond donors (Lipinski definition) is 3. The summed E-state index contributed by atoms with van der Waals surface area (Å²) in [5.74, 6) is -2.58. The van der Waals surface area contributed by atoms with E-state index < -0.39 is 35.3 Å². The third-order valence-electron chi connectivity index (χ3n) is 4.29. The lowest BCUT2D eigenvalue weighted by Crippen LogP contribution is -2.36. The Bertz CT molecular complexity index is 965. The molecule has 3 rings (SSSR count). The Balaban J connectivity index is 2.30. The lowest BCUT2D eigenvalue weighted by atomic mass is 9.98. The SMILES string of the molecule is Cc1c2c(c3c(O)c(C(=O)NCC(=O)O)c(=O)n(C)n13)C=CCC2. The second kappa shape index (κ2) is 5.55. The maximum Gasteiger partial charge on any atom is 0.322 e. The van der Waals surface area contributed by atoms with Crippen LogP contribution >= 0.6 is 0 Å². The zero-order valence-corrected chi connectivity index (χ0v) is 13.3. The molecule has 8 nitrogen and oxygen atoms in total. The van der Waals surface area contributed by atoms with Gasteiger partial charge in [0.1, 0.15) is 17.6 Å². The van der Waals surface area contributed by atoms with Crippen molar-refractivity contribution in [1.29, 1.82) is 0 Å². The van der Waals surface area contributed by atoms with E-state index in [9.17, 15) is 19.5 Å². The predicted octanol–water partition coefficient (Wildman–Crippen LogP) is 0.426. The molecule has 0 saturated carbocycles. The molecule has 0 unspecified atom stereocenters. The molecule has 2 aromatic rings. The highest BCUT2D eigenvalue weighted by Gasteiger charge is 2.27. The van der Waals surface area contributed by atoms with Gasteiger partial charge in [0, 0.05) is 18.3 Å². The Morgan fingerprint density at radius 3 is 2.75 bits per heavy atom. The highest BCUT2D eigenvalue weighted by molar-refractivity contribution is 6.01. The Hall–Kier alpha value is -3.03. The predicted molar refractivity (Wildman–Crippen MR) is 86.4 cm³/mol. The minimum atomic E-state index is -1.24. The molecule has 8 heteroatoms. The number of carbonyl (C=O) groups excluding carboxylic acids is 1. The Morgan fingerprint density at radius 1 is 1.38 bits per heavy atom. The normalized spacial score (nSPS) is 13.1. The number of rotatable bonds is 3. The van der Waals surface area contributed by atoms with Crippen LogP contribution in [-0.4, -0.2) is 37.8 Å². The van der Waals surface area contributed by atoms with E-state index in [0.29, 0.717) is 5.52 Å². The van der Waals surface area contributed by atoms with Gasteiger partial charge in [-0.3, -0.25) is 18.9 Å². The number of allylic oxidation sites excluding steroid dienone is 1. The van der Waals surface area contributed by atoms with Crippen LogP contribution in [0.1, 0.15) is 33.6 Å². The summed E-state index contributed by atoms with van der Waals surface area (Å²) < 4.78 is 2.85. The number of carboxylic acid groups (broad SMARTS) is 1. The van der Waals surface area contributed by atoms with E-state index in [1.165, 1.54) is 11.7 Å². The van der Waals surface area contributed by atoms with Crippen molar-refractivity contribution in [2.24, 2.45) is 7.05 Å². The van der Waals surface area contributed by atoms with Crippen molar-refractivity contribution in [2.45, 2.75) is 19.8 Å². The van der Waals surface area contributed by atoms with Crippen molar-refractivity contribution in [2.75, 3.05) is 6.54 Å². The van der Waals surface area contributed by atoms with Gasteiger partial charge in [0.05, 0.1) is 0 Å². The molecule has 0 radical (unpaired) electrons. The number of fused-ring (bicyclic) bond motifs is 3. The number of amides is 1. The zero-order chi connectivity index (χ0) is 17.6. The molecule has 0 saturated heterocycles. The summed E-state index contributed by atoms with van der Waals surface area (Å²) in [6.07, 6.45) is 5.49. The summed E-state index contributed by atoms with van der Waals surface area (Å²) in [5, 5.41) is 21.4. The van der Waals surface area contributed by atoms with Crippen molar-refractivity contribution in [3.05, 3.63) is 38.8 Å². The molecular weight excluding hydrogens is 314 g/mol. The standard InChI is InChI=1S/C16H17N3O5/c1-8-9-5-3-4-6-10(9)13-14(22)12(15(23)17-7-11(20)21)16(24)18(2)19(8)13/h4,6,22H,3,5,7H2,1-2H3,(H,17,23)(H,20,21). The van der Waals surface area contributed by atoms with Gasteiger partial charge in [-0.25, -0.2) is 4.68 Å². The maximum absolute atomic E-state index is 12.5. The largest absolute Gasteiger partial charge is 0.505 e. The van der Waals surface area contributed by atoms with E-state index in [0.717, 1.165) is 29.7 Å². The molecule has 0 aliphatic heterocycles. The number of carboxylic acids is 1. The van der Waals surface area contributed by atoms with Crippen LogP contribution in [0.15, 0.2) is 10.9 Å². The molecule has 2 heterocycles. The minimum Gasteiger partial charge on any atom is -0.505 e. The van der Waals surface area contributed by atoms with E-state index in [2.05, 4.69) is 5.32 Å². The number of carbonyl (C=O) groups is 2. The average Bonchev–Trinajstić information content (AvgIpc) is 2.85. The third kappa shape index (κ3) is 2.18. The molecular formula is C16H17N3O5. The van der Waals surface area contributed by atoms with Crippen LogP contribution in [0.2, 0.25) is 0 Å². The van der Waals surface area contributed by atoms with E-state index >= 15 is 0 Å². The van der Waals surface area contributed by atoms with E-state index in [1.54, 1.807) is 4.52 Å². The first-order chi connectivity index (χ1) is 11.3.